The summed E-state index contributed by atoms with van der Waals surface area (Å²) in [5.74, 6) is 0. The van der Waals surface area contributed by atoms with Crippen LogP contribution in [-0.2, 0) is 7.05 Å². The van der Waals surface area contributed by atoms with Gasteiger partial charge < -0.3 is 4.57 Å². The van der Waals surface area contributed by atoms with E-state index in [1.807, 2.05) is 48.9 Å². The van der Waals surface area contributed by atoms with Crippen LogP contribution in [-0.4, -0.2) is 4.57 Å². The Balaban J connectivity index is 2.43. The Morgan fingerprint density at radius 1 is 1.22 bits per heavy atom. The summed E-state index contributed by atoms with van der Waals surface area (Å²) < 4.78 is 2.05. The molecule has 0 saturated carbocycles. The van der Waals surface area contributed by atoms with Crippen molar-refractivity contribution in [3.63, 3.8) is 0 Å². The number of benzene rings is 1. The smallest absolute Gasteiger partial charge is 0.0998 e. The first kappa shape index (κ1) is 12.5. The van der Waals surface area contributed by atoms with Gasteiger partial charge in [0.2, 0.25) is 0 Å². The molecule has 0 aliphatic rings. The second-order valence-electron chi connectivity index (χ2n) is 4.14. The number of rotatable bonds is 2. The minimum atomic E-state index is 0.632. The second-order valence-corrected chi connectivity index (χ2v) is 4.57. The SMILES string of the molecule is Cc1ccc(/C=C(/C#N)c2ccc(Cl)cc2)n1C. The highest BCUT2D eigenvalue weighted by atomic mass is 35.5. The molecule has 1 heterocycles. The van der Waals surface area contributed by atoms with Crippen LogP contribution in [0.2, 0.25) is 5.02 Å². The molecule has 0 aliphatic carbocycles. The van der Waals surface area contributed by atoms with Crippen molar-refractivity contribution in [3.8, 4) is 6.07 Å². The minimum absolute atomic E-state index is 0.632. The molecular formula is C15H13ClN2. The Bertz CT molecular complexity index is 628. The molecule has 2 rings (SSSR count). The molecule has 18 heavy (non-hydrogen) atoms. The van der Waals surface area contributed by atoms with Crippen LogP contribution in [0, 0.1) is 18.3 Å². The van der Waals surface area contributed by atoms with E-state index < -0.39 is 0 Å². The zero-order valence-electron chi connectivity index (χ0n) is 10.3. The first-order valence-electron chi connectivity index (χ1n) is 5.62. The Morgan fingerprint density at radius 3 is 2.39 bits per heavy atom. The van der Waals surface area contributed by atoms with Crippen molar-refractivity contribution in [2.75, 3.05) is 0 Å². The van der Waals surface area contributed by atoms with Crippen molar-refractivity contribution in [2.24, 2.45) is 7.05 Å². The van der Waals surface area contributed by atoms with Gasteiger partial charge in [0.05, 0.1) is 11.6 Å². The van der Waals surface area contributed by atoms with Gasteiger partial charge >= 0.3 is 0 Å². The number of nitrogens with zero attached hydrogens (tertiary/aromatic N) is 2. The van der Waals surface area contributed by atoms with Gasteiger partial charge in [0.25, 0.3) is 0 Å². The highest BCUT2D eigenvalue weighted by Gasteiger charge is 2.03. The number of allylic oxidation sites excluding steroid dienone is 1. The number of hydrogen-bond acceptors (Lipinski definition) is 1. The van der Waals surface area contributed by atoms with Crippen LogP contribution in [0.15, 0.2) is 36.4 Å². The molecule has 0 fully saturated rings. The number of aromatic nitrogens is 1. The molecule has 3 heteroatoms. The van der Waals surface area contributed by atoms with Gasteiger partial charge in [-0.25, -0.2) is 0 Å². The fourth-order valence-corrected chi connectivity index (χ4v) is 1.86. The summed E-state index contributed by atoms with van der Waals surface area (Å²) in [4.78, 5) is 0. The average Bonchev–Trinajstić information content (AvgIpc) is 2.69. The molecule has 0 spiro atoms. The maximum Gasteiger partial charge on any atom is 0.0998 e. The standard InChI is InChI=1S/C15H13ClN2/c1-11-3-8-15(18(11)2)9-13(10-17)12-4-6-14(16)7-5-12/h3-9H,1-2H3/b13-9-. The number of hydrogen-bond donors (Lipinski definition) is 0. The van der Waals surface area contributed by atoms with Crippen LogP contribution in [0.1, 0.15) is 17.0 Å². The van der Waals surface area contributed by atoms with E-state index in [0.29, 0.717) is 10.6 Å². The van der Waals surface area contributed by atoms with E-state index in [-0.39, 0.29) is 0 Å². The number of aryl methyl sites for hydroxylation is 1. The lowest BCUT2D eigenvalue weighted by molar-refractivity contribution is 0.872. The summed E-state index contributed by atoms with van der Waals surface area (Å²) in [7, 11) is 1.98. The first-order chi connectivity index (χ1) is 8.61. The monoisotopic (exact) mass is 256 g/mol. The predicted octanol–water partition coefficient (Wildman–Crippen LogP) is 4.05. The van der Waals surface area contributed by atoms with Gasteiger partial charge in [-0.2, -0.15) is 5.26 Å². The summed E-state index contributed by atoms with van der Waals surface area (Å²) in [6, 6.07) is 13.5. The molecule has 1 aromatic heterocycles. The fourth-order valence-electron chi connectivity index (χ4n) is 1.74. The Hall–Kier alpha value is -1.98. The molecular weight excluding hydrogens is 244 g/mol. The van der Waals surface area contributed by atoms with Gasteiger partial charge in [-0.1, -0.05) is 23.7 Å². The van der Waals surface area contributed by atoms with Crippen molar-refractivity contribution >= 4 is 23.3 Å². The highest BCUT2D eigenvalue weighted by Crippen LogP contribution is 2.20. The van der Waals surface area contributed by atoms with E-state index >= 15 is 0 Å². The van der Waals surface area contributed by atoms with E-state index in [1.54, 1.807) is 12.1 Å². The van der Waals surface area contributed by atoms with Gasteiger partial charge in [-0.05, 0) is 42.8 Å². The van der Waals surface area contributed by atoms with Crippen molar-refractivity contribution in [1.82, 2.24) is 4.57 Å². The van der Waals surface area contributed by atoms with Crippen molar-refractivity contribution in [2.45, 2.75) is 6.92 Å². The molecule has 0 unspecified atom stereocenters. The van der Waals surface area contributed by atoms with Gasteiger partial charge in [-0.3, -0.25) is 0 Å². The summed E-state index contributed by atoms with van der Waals surface area (Å²) in [6.45, 7) is 2.03. The summed E-state index contributed by atoms with van der Waals surface area (Å²) in [5, 5.41) is 9.92. The lowest BCUT2D eigenvalue weighted by Gasteiger charge is -2.02. The molecule has 0 saturated heterocycles. The third-order valence-electron chi connectivity index (χ3n) is 2.98. The Morgan fingerprint density at radius 2 is 1.89 bits per heavy atom. The van der Waals surface area contributed by atoms with Gasteiger partial charge in [0, 0.05) is 23.5 Å². The third-order valence-corrected chi connectivity index (χ3v) is 3.23. The molecule has 0 aliphatic heterocycles. The van der Waals surface area contributed by atoms with Crippen LogP contribution in [0.4, 0.5) is 0 Å². The molecule has 0 N–H and O–H groups in total. The normalized spacial score (nSPS) is 11.3. The Labute approximate surface area is 112 Å². The molecule has 90 valence electrons. The molecule has 0 amide bonds. The van der Waals surface area contributed by atoms with Crippen LogP contribution in [0.5, 0.6) is 0 Å². The fraction of sp³-hybridized carbons (Fsp3) is 0.133. The third kappa shape index (κ3) is 2.47. The topological polar surface area (TPSA) is 28.7 Å². The van der Waals surface area contributed by atoms with E-state index in [0.717, 1.165) is 17.0 Å². The lowest BCUT2D eigenvalue weighted by Crippen LogP contribution is -1.93. The summed E-state index contributed by atoms with van der Waals surface area (Å²) in [6.07, 6.45) is 1.89. The van der Waals surface area contributed by atoms with E-state index in [9.17, 15) is 5.26 Å². The summed E-state index contributed by atoms with van der Waals surface area (Å²) >= 11 is 5.84. The number of nitriles is 1. The predicted molar refractivity (Wildman–Crippen MR) is 75.1 cm³/mol. The minimum Gasteiger partial charge on any atom is -0.348 e. The number of halogens is 1. The lowest BCUT2D eigenvalue weighted by atomic mass is 10.1. The summed E-state index contributed by atoms with van der Waals surface area (Å²) in [5.41, 5.74) is 3.68. The highest BCUT2D eigenvalue weighted by molar-refractivity contribution is 6.30. The largest absolute Gasteiger partial charge is 0.348 e. The van der Waals surface area contributed by atoms with Crippen molar-refractivity contribution in [1.29, 1.82) is 5.26 Å². The van der Waals surface area contributed by atoms with Crippen LogP contribution >= 0.6 is 11.6 Å². The van der Waals surface area contributed by atoms with Gasteiger partial charge in [0.15, 0.2) is 0 Å². The second kappa shape index (κ2) is 5.12. The van der Waals surface area contributed by atoms with E-state index in [1.165, 1.54) is 0 Å². The maximum atomic E-state index is 9.25. The van der Waals surface area contributed by atoms with Crippen LogP contribution in [0.25, 0.3) is 11.6 Å². The zero-order valence-corrected chi connectivity index (χ0v) is 11.1. The van der Waals surface area contributed by atoms with E-state index in [4.69, 9.17) is 11.6 Å². The quantitative estimate of drug-likeness (QED) is 0.745. The zero-order chi connectivity index (χ0) is 13.1. The Kier molecular flexibility index (Phi) is 3.55. The van der Waals surface area contributed by atoms with E-state index in [2.05, 4.69) is 6.07 Å². The first-order valence-corrected chi connectivity index (χ1v) is 5.99. The van der Waals surface area contributed by atoms with Gasteiger partial charge in [-0.15, -0.1) is 0 Å². The average molecular weight is 257 g/mol. The van der Waals surface area contributed by atoms with Gasteiger partial charge in [0.1, 0.15) is 0 Å². The molecule has 2 nitrogen and oxygen atoms in total. The van der Waals surface area contributed by atoms with Crippen LogP contribution < -0.4 is 0 Å². The molecule has 0 atom stereocenters. The van der Waals surface area contributed by atoms with Crippen molar-refractivity contribution in [3.05, 3.63) is 58.4 Å². The molecule has 0 radical (unpaired) electrons. The molecule has 2 aromatic rings. The molecule has 0 bridgehead atoms. The van der Waals surface area contributed by atoms with Crippen molar-refractivity contribution < 1.29 is 0 Å². The van der Waals surface area contributed by atoms with Crippen LogP contribution in [0.3, 0.4) is 0 Å². The maximum absolute atomic E-state index is 9.25. The molecule has 1 aromatic carbocycles.